The highest BCUT2D eigenvalue weighted by molar-refractivity contribution is 5.38. The van der Waals surface area contributed by atoms with Gasteiger partial charge in [-0.25, -0.2) is 0 Å². The zero-order chi connectivity index (χ0) is 15.0. The fraction of sp³-hybridized carbons (Fsp3) is 0.389. The van der Waals surface area contributed by atoms with Crippen LogP contribution in [-0.4, -0.2) is 30.1 Å². The fourth-order valence-corrected chi connectivity index (χ4v) is 3.84. The summed E-state index contributed by atoms with van der Waals surface area (Å²) < 4.78 is 5.25. The van der Waals surface area contributed by atoms with E-state index in [-0.39, 0.29) is 5.54 Å². The van der Waals surface area contributed by atoms with Gasteiger partial charge in [0.05, 0.1) is 12.6 Å². The van der Waals surface area contributed by atoms with Crippen molar-refractivity contribution < 1.29 is 4.74 Å². The van der Waals surface area contributed by atoms with Gasteiger partial charge in [0.15, 0.2) is 0 Å². The third-order valence-corrected chi connectivity index (χ3v) is 5.04. The lowest BCUT2D eigenvalue weighted by Crippen LogP contribution is -2.42. The van der Waals surface area contributed by atoms with E-state index >= 15 is 0 Å². The van der Waals surface area contributed by atoms with Crippen LogP contribution in [0.25, 0.3) is 0 Å². The lowest BCUT2D eigenvalue weighted by atomic mass is 9.90. The lowest BCUT2D eigenvalue weighted by molar-refractivity contribution is 0.110. The van der Waals surface area contributed by atoms with E-state index in [2.05, 4.69) is 39.6 Å². The van der Waals surface area contributed by atoms with Crippen LogP contribution in [0.2, 0.25) is 0 Å². The SMILES string of the molecule is COc1ccc(CN2Cc3ccncc3C23CCNC3)cc1. The summed E-state index contributed by atoms with van der Waals surface area (Å²) in [4.78, 5) is 6.97. The predicted molar refractivity (Wildman–Crippen MR) is 85.6 cm³/mol. The van der Waals surface area contributed by atoms with Crippen molar-refractivity contribution in [2.45, 2.75) is 25.0 Å². The van der Waals surface area contributed by atoms with Gasteiger partial charge in [-0.1, -0.05) is 12.1 Å². The molecule has 0 bridgehead atoms. The number of hydrogen-bond acceptors (Lipinski definition) is 4. The molecule has 2 aliphatic rings. The summed E-state index contributed by atoms with van der Waals surface area (Å²) >= 11 is 0. The molecule has 1 fully saturated rings. The van der Waals surface area contributed by atoms with Crippen molar-refractivity contribution in [1.29, 1.82) is 0 Å². The van der Waals surface area contributed by atoms with E-state index in [1.54, 1.807) is 7.11 Å². The van der Waals surface area contributed by atoms with Crippen LogP contribution in [0.5, 0.6) is 5.75 Å². The zero-order valence-electron chi connectivity index (χ0n) is 12.9. The van der Waals surface area contributed by atoms with E-state index in [0.29, 0.717) is 0 Å². The maximum absolute atomic E-state index is 5.25. The van der Waals surface area contributed by atoms with Crippen molar-refractivity contribution in [3.63, 3.8) is 0 Å². The number of benzene rings is 1. The minimum Gasteiger partial charge on any atom is -0.497 e. The molecule has 1 saturated heterocycles. The molecule has 1 spiro atoms. The van der Waals surface area contributed by atoms with Crippen molar-refractivity contribution >= 4 is 0 Å². The van der Waals surface area contributed by atoms with Crippen LogP contribution in [0.1, 0.15) is 23.1 Å². The number of hydrogen-bond donors (Lipinski definition) is 1. The Labute approximate surface area is 131 Å². The molecular weight excluding hydrogens is 274 g/mol. The number of nitrogens with one attached hydrogen (secondary N) is 1. The van der Waals surface area contributed by atoms with Crippen LogP contribution >= 0.6 is 0 Å². The molecule has 4 heteroatoms. The quantitative estimate of drug-likeness (QED) is 0.943. The topological polar surface area (TPSA) is 37.4 Å². The number of fused-ring (bicyclic) bond motifs is 2. The van der Waals surface area contributed by atoms with Crippen LogP contribution in [0.3, 0.4) is 0 Å². The lowest BCUT2D eigenvalue weighted by Gasteiger charge is -2.35. The molecule has 2 aliphatic heterocycles. The van der Waals surface area contributed by atoms with Gasteiger partial charge < -0.3 is 10.1 Å². The highest BCUT2D eigenvalue weighted by atomic mass is 16.5. The number of aromatic nitrogens is 1. The third-order valence-electron chi connectivity index (χ3n) is 5.04. The highest BCUT2D eigenvalue weighted by Gasteiger charge is 2.46. The molecule has 0 aliphatic carbocycles. The Bertz CT molecular complexity index is 662. The Morgan fingerprint density at radius 3 is 2.86 bits per heavy atom. The molecular formula is C18H21N3O. The van der Waals surface area contributed by atoms with E-state index < -0.39 is 0 Å². The highest BCUT2D eigenvalue weighted by Crippen LogP contribution is 2.43. The maximum atomic E-state index is 5.25. The monoisotopic (exact) mass is 295 g/mol. The van der Waals surface area contributed by atoms with E-state index in [9.17, 15) is 0 Å². The van der Waals surface area contributed by atoms with Gasteiger partial charge in [-0.15, -0.1) is 0 Å². The van der Waals surface area contributed by atoms with E-state index in [0.717, 1.165) is 38.3 Å². The van der Waals surface area contributed by atoms with Gasteiger partial charge in [0, 0.05) is 32.0 Å². The molecule has 1 aromatic carbocycles. The summed E-state index contributed by atoms with van der Waals surface area (Å²) in [5.74, 6) is 0.912. The van der Waals surface area contributed by atoms with E-state index in [4.69, 9.17) is 4.74 Å². The Kier molecular flexibility index (Phi) is 3.36. The summed E-state index contributed by atoms with van der Waals surface area (Å²) in [5.41, 5.74) is 4.28. The zero-order valence-corrected chi connectivity index (χ0v) is 12.9. The summed E-state index contributed by atoms with van der Waals surface area (Å²) in [6.07, 6.45) is 5.13. The first-order chi connectivity index (χ1) is 10.8. The Morgan fingerprint density at radius 2 is 2.14 bits per heavy atom. The number of methoxy groups -OCH3 is 1. The number of pyridine rings is 1. The summed E-state index contributed by atoms with van der Waals surface area (Å²) in [6, 6.07) is 10.6. The average molecular weight is 295 g/mol. The maximum Gasteiger partial charge on any atom is 0.118 e. The third kappa shape index (κ3) is 2.11. The molecule has 1 atom stereocenters. The first kappa shape index (κ1) is 13.7. The van der Waals surface area contributed by atoms with Gasteiger partial charge in [-0.2, -0.15) is 0 Å². The molecule has 22 heavy (non-hydrogen) atoms. The van der Waals surface area contributed by atoms with Crippen molar-refractivity contribution in [2.24, 2.45) is 0 Å². The van der Waals surface area contributed by atoms with Gasteiger partial charge in [0.2, 0.25) is 0 Å². The van der Waals surface area contributed by atoms with Crippen molar-refractivity contribution in [3.05, 3.63) is 59.4 Å². The predicted octanol–water partition coefficient (Wildman–Crippen LogP) is 2.29. The molecule has 1 unspecified atom stereocenters. The molecule has 1 N–H and O–H groups in total. The average Bonchev–Trinajstić information content (AvgIpc) is 3.16. The molecule has 2 aromatic rings. The number of nitrogens with zero attached hydrogens (tertiary/aromatic N) is 2. The molecule has 1 aromatic heterocycles. The molecule has 114 valence electrons. The van der Waals surface area contributed by atoms with Crippen LogP contribution in [0.15, 0.2) is 42.7 Å². The minimum absolute atomic E-state index is 0.115. The minimum atomic E-state index is 0.115. The second kappa shape index (κ2) is 5.38. The van der Waals surface area contributed by atoms with Crippen LogP contribution in [0, 0.1) is 0 Å². The molecule has 4 nitrogen and oxygen atoms in total. The number of ether oxygens (including phenoxy) is 1. The van der Waals surface area contributed by atoms with Gasteiger partial charge in [-0.05, 0) is 47.9 Å². The van der Waals surface area contributed by atoms with Gasteiger partial charge in [-0.3, -0.25) is 9.88 Å². The van der Waals surface area contributed by atoms with Crippen molar-refractivity contribution in [3.8, 4) is 5.75 Å². The molecule has 0 radical (unpaired) electrons. The smallest absolute Gasteiger partial charge is 0.118 e. The van der Waals surface area contributed by atoms with Crippen molar-refractivity contribution in [2.75, 3.05) is 20.2 Å². The van der Waals surface area contributed by atoms with Gasteiger partial charge in [0.1, 0.15) is 5.75 Å². The Hall–Kier alpha value is -1.91. The van der Waals surface area contributed by atoms with E-state index in [1.807, 2.05) is 18.3 Å². The van der Waals surface area contributed by atoms with E-state index in [1.165, 1.54) is 16.7 Å². The number of rotatable bonds is 3. The van der Waals surface area contributed by atoms with Crippen LogP contribution in [0.4, 0.5) is 0 Å². The largest absolute Gasteiger partial charge is 0.497 e. The Balaban J connectivity index is 1.64. The first-order valence-electron chi connectivity index (χ1n) is 7.84. The molecule has 3 heterocycles. The molecule has 0 saturated carbocycles. The van der Waals surface area contributed by atoms with Crippen LogP contribution in [-0.2, 0) is 18.6 Å². The fourth-order valence-electron chi connectivity index (χ4n) is 3.84. The second-order valence-electron chi connectivity index (χ2n) is 6.20. The van der Waals surface area contributed by atoms with Gasteiger partial charge in [0.25, 0.3) is 0 Å². The molecule has 0 amide bonds. The summed E-state index contributed by atoms with van der Waals surface area (Å²) in [5, 5.41) is 3.54. The summed E-state index contributed by atoms with van der Waals surface area (Å²) in [7, 11) is 1.71. The Morgan fingerprint density at radius 1 is 1.27 bits per heavy atom. The standard InChI is InChI=1S/C18H21N3O/c1-22-16-4-2-14(3-5-16)11-21-12-15-6-8-19-10-17(15)18(21)7-9-20-13-18/h2-6,8,10,20H,7,9,11-13H2,1H3. The van der Waals surface area contributed by atoms with Gasteiger partial charge >= 0.3 is 0 Å². The second-order valence-corrected chi connectivity index (χ2v) is 6.20. The first-order valence-corrected chi connectivity index (χ1v) is 7.84. The van der Waals surface area contributed by atoms with Crippen molar-refractivity contribution in [1.82, 2.24) is 15.2 Å². The molecule has 4 rings (SSSR count). The van der Waals surface area contributed by atoms with Crippen LogP contribution < -0.4 is 10.1 Å². The normalized spacial score (nSPS) is 23.9. The summed E-state index contributed by atoms with van der Waals surface area (Å²) in [6.45, 7) is 4.06.